The van der Waals surface area contributed by atoms with Crippen molar-refractivity contribution >= 4 is 13.5 Å². The highest BCUT2D eigenvalue weighted by molar-refractivity contribution is 7.06. The highest BCUT2D eigenvalue weighted by Gasteiger charge is 2.44. The molecule has 0 spiro atoms. The molecule has 12 heavy (non-hydrogen) atoms. The van der Waals surface area contributed by atoms with Crippen LogP contribution in [0, 0.1) is 5.92 Å². The summed E-state index contributed by atoms with van der Waals surface area (Å²) in [6, 6.07) is 0. The van der Waals surface area contributed by atoms with E-state index >= 15 is 0 Å². The third-order valence-electron chi connectivity index (χ3n) is 3.93. The molecule has 2 heteroatoms. The summed E-state index contributed by atoms with van der Waals surface area (Å²) in [5.74, 6) is 0.586. The molecule has 0 N–H and O–H groups in total. The second kappa shape index (κ2) is 3.33. The minimum atomic E-state index is -1.71. The van der Waals surface area contributed by atoms with Gasteiger partial charge in [-0.3, -0.25) is 0 Å². The molecular weight excluding hydrogens is 164 g/mol. The maximum atomic E-state index is 11.5. The minimum absolute atomic E-state index is 0.207. The molecule has 0 bridgehead atoms. The Morgan fingerprint density at radius 3 is 1.67 bits per heavy atom. The van der Waals surface area contributed by atoms with Gasteiger partial charge in [-0.15, -0.1) is 0 Å². The van der Waals surface area contributed by atoms with Crippen molar-refractivity contribution in [2.45, 2.75) is 52.8 Å². The van der Waals surface area contributed by atoms with E-state index in [2.05, 4.69) is 40.8 Å². The van der Waals surface area contributed by atoms with E-state index in [1.54, 1.807) is 6.92 Å². The highest BCUT2D eigenvalue weighted by atomic mass is 28.3. The zero-order chi connectivity index (χ0) is 10.2. The van der Waals surface area contributed by atoms with Crippen molar-refractivity contribution in [2.75, 3.05) is 0 Å². The lowest BCUT2D eigenvalue weighted by Crippen LogP contribution is -2.48. The Bertz CT molecular complexity index is 180. The van der Waals surface area contributed by atoms with Gasteiger partial charge in [-0.05, 0) is 17.9 Å². The second-order valence-corrected chi connectivity index (χ2v) is 10.3. The molecule has 0 fully saturated rings. The van der Waals surface area contributed by atoms with Crippen LogP contribution >= 0.6 is 0 Å². The van der Waals surface area contributed by atoms with Gasteiger partial charge >= 0.3 is 0 Å². The lowest BCUT2D eigenvalue weighted by Gasteiger charge is -2.41. The topological polar surface area (TPSA) is 17.1 Å². The van der Waals surface area contributed by atoms with Crippen LogP contribution in [0.1, 0.15) is 34.6 Å². The van der Waals surface area contributed by atoms with Crippen LogP contribution < -0.4 is 0 Å². The lowest BCUT2D eigenvalue weighted by atomic mass is 9.99. The molecule has 0 aromatic carbocycles. The second-order valence-electron chi connectivity index (χ2n) is 5.06. The monoisotopic (exact) mass is 186 g/mol. The molecule has 0 aliphatic rings. The Morgan fingerprint density at radius 1 is 1.25 bits per heavy atom. The van der Waals surface area contributed by atoms with Gasteiger partial charge in [0.15, 0.2) is 0 Å². The molecule has 0 unspecified atom stereocenters. The fraction of sp³-hybridized carbons (Fsp3) is 0.900. The van der Waals surface area contributed by atoms with Crippen molar-refractivity contribution in [3.63, 3.8) is 0 Å². The number of hydrogen-bond donors (Lipinski definition) is 0. The van der Waals surface area contributed by atoms with Crippen molar-refractivity contribution in [1.29, 1.82) is 0 Å². The largest absolute Gasteiger partial charge is 0.306 e. The molecule has 0 aliphatic heterocycles. The van der Waals surface area contributed by atoms with E-state index in [0.29, 0.717) is 11.3 Å². The van der Waals surface area contributed by atoms with E-state index < -0.39 is 8.07 Å². The molecule has 0 aromatic heterocycles. The Labute approximate surface area is 77.6 Å². The normalized spacial score (nSPS) is 13.7. The smallest absolute Gasteiger partial charge is 0.132 e. The standard InChI is InChI=1S/C10H22OSi/c1-8(2)10(4,5)12(6,7)9(3)11/h8H,1-7H3. The maximum absolute atomic E-state index is 11.5. The average molecular weight is 186 g/mol. The molecule has 0 aliphatic carbocycles. The maximum Gasteiger partial charge on any atom is 0.132 e. The van der Waals surface area contributed by atoms with Gasteiger partial charge in [-0.1, -0.05) is 40.8 Å². The molecular formula is C10H22OSi. The number of rotatable bonds is 3. The van der Waals surface area contributed by atoms with Crippen LogP contribution in [0.4, 0.5) is 0 Å². The van der Waals surface area contributed by atoms with E-state index in [-0.39, 0.29) is 5.04 Å². The quantitative estimate of drug-likeness (QED) is 0.618. The van der Waals surface area contributed by atoms with E-state index in [9.17, 15) is 4.79 Å². The Hall–Kier alpha value is -0.113. The molecule has 0 aromatic rings. The predicted molar refractivity (Wildman–Crippen MR) is 57.0 cm³/mol. The van der Waals surface area contributed by atoms with Gasteiger partial charge in [0.1, 0.15) is 13.5 Å². The minimum Gasteiger partial charge on any atom is -0.306 e. The van der Waals surface area contributed by atoms with Gasteiger partial charge in [0.25, 0.3) is 0 Å². The molecule has 0 rings (SSSR count). The van der Waals surface area contributed by atoms with Crippen LogP contribution in [0.5, 0.6) is 0 Å². The third-order valence-corrected chi connectivity index (χ3v) is 9.49. The molecule has 0 amide bonds. The summed E-state index contributed by atoms with van der Waals surface area (Å²) in [6.07, 6.45) is 0. The first-order chi connectivity index (χ1) is 5.14. The van der Waals surface area contributed by atoms with Gasteiger partial charge < -0.3 is 4.79 Å². The zero-order valence-electron chi connectivity index (χ0n) is 9.49. The van der Waals surface area contributed by atoms with Crippen molar-refractivity contribution in [2.24, 2.45) is 5.92 Å². The predicted octanol–water partition coefficient (Wildman–Crippen LogP) is 3.26. The van der Waals surface area contributed by atoms with E-state index in [0.717, 1.165) is 0 Å². The Kier molecular flexibility index (Phi) is 3.29. The molecule has 0 saturated carbocycles. The van der Waals surface area contributed by atoms with Gasteiger partial charge in [0.05, 0.1) is 0 Å². The fourth-order valence-corrected chi connectivity index (χ4v) is 3.53. The van der Waals surface area contributed by atoms with Crippen molar-refractivity contribution in [1.82, 2.24) is 0 Å². The number of hydrogen-bond acceptors (Lipinski definition) is 1. The van der Waals surface area contributed by atoms with Crippen molar-refractivity contribution in [3.05, 3.63) is 0 Å². The summed E-state index contributed by atoms with van der Waals surface area (Å²) in [7, 11) is -1.71. The zero-order valence-corrected chi connectivity index (χ0v) is 10.5. The first-order valence-corrected chi connectivity index (χ1v) is 7.65. The first-order valence-electron chi connectivity index (χ1n) is 4.65. The molecule has 72 valence electrons. The summed E-state index contributed by atoms with van der Waals surface area (Å²) in [5, 5.41) is 0.625. The molecule has 0 atom stereocenters. The molecule has 1 nitrogen and oxygen atoms in total. The Morgan fingerprint density at radius 2 is 1.58 bits per heavy atom. The van der Waals surface area contributed by atoms with E-state index in [1.165, 1.54) is 0 Å². The number of carbonyl (C=O) groups excluding carboxylic acids is 1. The summed E-state index contributed by atoms with van der Waals surface area (Å²) in [5.41, 5.74) is 0. The van der Waals surface area contributed by atoms with Gasteiger partial charge in [0.2, 0.25) is 0 Å². The van der Waals surface area contributed by atoms with Crippen LogP contribution in [-0.4, -0.2) is 13.5 Å². The molecule has 0 saturated heterocycles. The van der Waals surface area contributed by atoms with Crippen molar-refractivity contribution in [3.8, 4) is 0 Å². The van der Waals surface area contributed by atoms with E-state index in [4.69, 9.17) is 0 Å². The lowest BCUT2D eigenvalue weighted by molar-refractivity contribution is -0.111. The van der Waals surface area contributed by atoms with Gasteiger partial charge in [-0.2, -0.15) is 0 Å². The summed E-state index contributed by atoms with van der Waals surface area (Å²) in [6.45, 7) is 15.0. The molecule has 0 radical (unpaired) electrons. The van der Waals surface area contributed by atoms with Crippen LogP contribution in [0.25, 0.3) is 0 Å². The summed E-state index contributed by atoms with van der Waals surface area (Å²) < 4.78 is 0. The Balaban J connectivity index is 4.88. The van der Waals surface area contributed by atoms with Crippen LogP contribution in [0.15, 0.2) is 0 Å². The van der Waals surface area contributed by atoms with Gasteiger partial charge in [0, 0.05) is 0 Å². The van der Waals surface area contributed by atoms with Crippen LogP contribution in [-0.2, 0) is 4.79 Å². The van der Waals surface area contributed by atoms with Crippen LogP contribution in [0.3, 0.4) is 0 Å². The van der Waals surface area contributed by atoms with Crippen molar-refractivity contribution < 1.29 is 4.79 Å². The first kappa shape index (κ1) is 11.9. The summed E-state index contributed by atoms with van der Waals surface area (Å²) in [4.78, 5) is 11.5. The number of carbonyl (C=O) groups is 1. The van der Waals surface area contributed by atoms with Gasteiger partial charge in [-0.25, -0.2) is 0 Å². The average Bonchev–Trinajstić information content (AvgIpc) is 1.86. The van der Waals surface area contributed by atoms with E-state index in [1.807, 2.05) is 0 Å². The fourth-order valence-electron chi connectivity index (χ4n) is 1.18. The van der Waals surface area contributed by atoms with Crippen LogP contribution in [0.2, 0.25) is 18.1 Å². The SMILES string of the molecule is CC(=O)[Si](C)(C)C(C)(C)C(C)C. The molecule has 0 heterocycles. The third kappa shape index (κ3) is 1.79. The highest BCUT2D eigenvalue weighted by Crippen LogP contribution is 2.44. The summed E-state index contributed by atoms with van der Waals surface area (Å²) >= 11 is 0.